The fourth-order valence-electron chi connectivity index (χ4n) is 8.81. The number of carbonyl (C=O) groups excluding carboxylic acids is 1. The number of fused-ring (bicyclic) bond motifs is 2. The number of amides is 1. The third-order valence-electron chi connectivity index (χ3n) is 11.9. The van der Waals surface area contributed by atoms with E-state index in [1.807, 2.05) is 31.1 Å². The zero-order valence-corrected chi connectivity index (χ0v) is 33.2. The third kappa shape index (κ3) is 7.93. The summed E-state index contributed by atoms with van der Waals surface area (Å²) in [5, 5.41) is 24.5. The summed E-state index contributed by atoms with van der Waals surface area (Å²) in [6.07, 6.45) is 8.75. The number of piperazine rings is 1. The fourth-order valence-corrected chi connectivity index (χ4v) is 8.81. The maximum Gasteiger partial charge on any atom is 0.356 e. The zero-order valence-electron chi connectivity index (χ0n) is 33.2. The minimum Gasteiger partial charge on any atom is -0.476 e. The molecule has 9 rings (SSSR count). The van der Waals surface area contributed by atoms with Crippen LogP contribution in [0.1, 0.15) is 74.2 Å². The van der Waals surface area contributed by atoms with Crippen LogP contribution in [0.15, 0.2) is 60.9 Å². The van der Waals surface area contributed by atoms with E-state index in [2.05, 4.69) is 66.0 Å². The van der Waals surface area contributed by atoms with Crippen LogP contribution in [0, 0.1) is 0 Å². The number of pyridine rings is 2. The van der Waals surface area contributed by atoms with E-state index in [0.717, 1.165) is 135 Å². The number of hydrogen-bond donors (Lipinski definition) is 1. The first-order valence-corrected chi connectivity index (χ1v) is 20.5. The molecule has 3 fully saturated rings. The van der Waals surface area contributed by atoms with E-state index in [9.17, 15) is 9.59 Å². The first-order chi connectivity index (χ1) is 27.9. The van der Waals surface area contributed by atoms with Gasteiger partial charge in [-0.1, -0.05) is 32.0 Å². The second-order valence-corrected chi connectivity index (χ2v) is 15.1. The molecule has 0 aliphatic carbocycles. The van der Waals surface area contributed by atoms with Crippen LogP contribution in [0.5, 0.6) is 0 Å². The first kappa shape index (κ1) is 38.4. The minimum atomic E-state index is -1.06. The Morgan fingerprint density at radius 3 is 2.23 bits per heavy atom. The molecule has 0 radical (unpaired) electrons. The van der Waals surface area contributed by atoms with Gasteiger partial charge in [0.2, 0.25) is 5.91 Å². The summed E-state index contributed by atoms with van der Waals surface area (Å²) >= 11 is 0. The number of aromatic carboxylic acids is 1. The van der Waals surface area contributed by atoms with Gasteiger partial charge >= 0.3 is 5.97 Å². The molecular formula is C43H52N10O4. The topological polar surface area (TPSA) is 146 Å². The monoisotopic (exact) mass is 772 g/mol. The van der Waals surface area contributed by atoms with E-state index in [4.69, 9.17) is 24.9 Å². The second kappa shape index (κ2) is 16.9. The molecule has 3 saturated heterocycles. The largest absolute Gasteiger partial charge is 0.476 e. The van der Waals surface area contributed by atoms with Crippen LogP contribution in [-0.2, 0) is 22.5 Å². The van der Waals surface area contributed by atoms with Gasteiger partial charge in [0.25, 0.3) is 0 Å². The Morgan fingerprint density at radius 2 is 1.54 bits per heavy atom. The SMILES string of the molecule is CC.CC(=O)N1CCc2c(c(-c3cccc4cc(-c5ccc(N6CCC(N7CCN(c8ccc(C(=O)O)nn8)CC7)CC6)nc5)ncc34)nn2C2CCOCC2)C1. The normalized spacial score (nSPS) is 18.3. The van der Waals surface area contributed by atoms with Gasteiger partial charge in [0.1, 0.15) is 5.82 Å². The van der Waals surface area contributed by atoms with Crippen molar-refractivity contribution in [3.63, 3.8) is 0 Å². The molecule has 1 aromatic carbocycles. The van der Waals surface area contributed by atoms with Gasteiger partial charge in [-0.2, -0.15) is 5.10 Å². The molecule has 0 bridgehead atoms. The molecule has 14 nitrogen and oxygen atoms in total. The highest BCUT2D eigenvalue weighted by Crippen LogP contribution is 2.38. The van der Waals surface area contributed by atoms with Crippen LogP contribution in [0.3, 0.4) is 0 Å². The number of carboxylic acid groups (broad SMARTS) is 1. The lowest BCUT2D eigenvalue weighted by Gasteiger charge is -2.43. The quantitative estimate of drug-likeness (QED) is 0.216. The number of carboxylic acids is 1. The molecule has 0 atom stereocenters. The average molecular weight is 773 g/mol. The number of ether oxygens (including phenoxy) is 1. The number of anilines is 2. The van der Waals surface area contributed by atoms with Crippen LogP contribution >= 0.6 is 0 Å². The van der Waals surface area contributed by atoms with Crippen molar-refractivity contribution in [2.45, 2.75) is 71.5 Å². The van der Waals surface area contributed by atoms with Crippen LogP contribution in [0.2, 0.25) is 0 Å². The number of nitrogens with zero attached hydrogens (tertiary/aromatic N) is 10. The third-order valence-corrected chi connectivity index (χ3v) is 11.9. The van der Waals surface area contributed by atoms with Gasteiger partial charge in [0.15, 0.2) is 11.5 Å². The molecule has 4 aliphatic rings. The Bertz CT molecular complexity index is 2190. The number of aromatic nitrogens is 6. The molecule has 4 aromatic heterocycles. The van der Waals surface area contributed by atoms with E-state index in [1.54, 1.807) is 13.0 Å². The average Bonchev–Trinajstić information content (AvgIpc) is 3.66. The van der Waals surface area contributed by atoms with Crippen molar-refractivity contribution in [2.75, 3.05) is 68.8 Å². The standard InChI is InChI=1S/C41H46N10O4.C2H6/c1-27(52)50-16-11-37-34(26-50)40(46-51(37)31-12-21-55-22-13-31)32-4-2-3-28-23-36(42-25-33(28)32)29-5-7-38(43-24-29)48-14-9-30(10-15-48)47-17-19-49(20-18-47)39-8-6-35(41(53)54)44-45-39;1-2/h2-8,23-25,30-31H,9-22,26H2,1H3,(H,53,54);1-2H3. The zero-order chi connectivity index (χ0) is 39.5. The highest BCUT2D eigenvalue weighted by Gasteiger charge is 2.31. The van der Waals surface area contributed by atoms with Gasteiger partial charge in [-0.25, -0.2) is 9.78 Å². The molecule has 0 unspecified atom stereocenters. The summed E-state index contributed by atoms with van der Waals surface area (Å²) in [4.78, 5) is 42.5. The predicted octanol–water partition coefficient (Wildman–Crippen LogP) is 5.72. The molecule has 0 saturated carbocycles. The lowest BCUT2D eigenvalue weighted by atomic mass is 9.96. The van der Waals surface area contributed by atoms with Crippen LogP contribution < -0.4 is 9.80 Å². The van der Waals surface area contributed by atoms with Crippen LogP contribution in [0.4, 0.5) is 11.6 Å². The van der Waals surface area contributed by atoms with Gasteiger partial charge in [0, 0.05) is 125 Å². The van der Waals surface area contributed by atoms with Crippen LogP contribution in [0.25, 0.3) is 33.3 Å². The Labute approximate surface area is 333 Å². The summed E-state index contributed by atoms with van der Waals surface area (Å²) in [5.41, 5.74) is 6.20. The predicted molar refractivity (Wildman–Crippen MR) is 219 cm³/mol. The smallest absolute Gasteiger partial charge is 0.356 e. The van der Waals surface area contributed by atoms with E-state index in [1.165, 1.54) is 11.8 Å². The van der Waals surface area contributed by atoms with Crippen molar-refractivity contribution in [2.24, 2.45) is 0 Å². The van der Waals surface area contributed by atoms with E-state index in [0.29, 0.717) is 25.2 Å². The molecular weight excluding hydrogens is 721 g/mol. The number of rotatable bonds is 7. The Morgan fingerprint density at radius 1 is 0.789 bits per heavy atom. The van der Waals surface area contributed by atoms with Crippen molar-refractivity contribution in [3.8, 4) is 22.5 Å². The van der Waals surface area contributed by atoms with Crippen LogP contribution in [-0.4, -0.2) is 122 Å². The molecule has 5 aromatic rings. The maximum absolute atomic E-state index is 12.4. The molecule has 14 heteroatoms. The van der Waals surface area contributed by atoms with E-state index >= 15 is 0 Å². The summed E-state index contributed by atoms with van der Waals surface area (Å²) in [5.74, 6) is 0.750. The van der Waals surface area contributed by atoms with E-state index < -0.39 is 5.97 Å². The van der Waals surface area contributed by atoms with Crippen molar-refractivity contribution in [1.29, 1.82) is 0 Å². The summed E-state index contributed by atoms with van der Waals surface area (Å²) in [6, 6.07) is 16.8. The number of hydrogen-bond acceptors (Lipinski definition) is 11. The first-order valence-electron chi connectivity index (χ1n) is 20.5. The Balaban J connectivity index is 0.00000224. The molecule has 4 aliphatic heterocycles. The molecule has 1 amide bonds. The van der Waals surface area contributed by atoms with Crippen molar-refractivity contribution >= 4 is 34.3 Å². The number of benzene rings is 1. The van der Waals surface area contributed by atoms with E-state index in [-0.39, 0.29) is 11.6 Å². The van der Waals surface area contributed by atoms with Crippen molar-refractivity contribution < 1.29 is 19.4 Å². The number of piperidine rings is 1. The van der Waals surface area contributed by atoms with Gasteiger partial charge in [-0.15, -0.1) is 10.2 Å². The fraction of sp³-hybridized carbons (Fsp3) is 0.465. The molecule has 298 valence electrons. The summed E-state index contributed by atoms with van der Waals surface area (Å²) in [7, 11) is 0. The Hall–Kier alpha value is -5.47. The van der Waals surface area contributed by atoms with Gasteiger partial charge < -0.3 is 24.5 Å². The van der Waals surface area contributed by atoms with Gasteiger partial charge in [0.05, 0.1) is 17.4 Å². The maximum atomic E-state index is 12.4. The molecule has 1 N–H and O–H groups in total. The molecule has 8 heterocycles. The van der Waals surface area contributed by atoms with Gasteiger partial charge in [-0.3, -0.25) is 19.4 Å². The Kier molecular flexibility index (Phi) is 11.4. The summed E-state index contributed by atoms with van der Waals surface area (Å²) < 4.78 is 7.91. The second-order valence-electron chi connectivity index (χ2n) is 15.1. The van der Waals surface area contributed by atoms with Crippen molar-refractivity contribution in [1.82, 2.24) is 39.7 Å². The lowest BCUT2D eigenvalue weighted by molar-refractivity contribution is -0.129. The number of carbonyl (C=O) groups is 2. The summed E-state index contributed by atoms with van der Waals surface area (Å²) in [6.45, 7) is 13.9. The minimum absolute atomic E-state index is 0.0351. The van der Waals surface area contributed by atoms with Crippen molar-refractivity contribution in [3.05, 3.63) is 77.9 Å². The lowest BCUT2D eigenvalue weighted by Crippen LogP contribution is -2.53. The van der Waals surface area contributed by atoms with Gasteiger partial charge in [-0.05, 0) is 61.4 Å². The highest BCUT2D eigenvalue weighted by molar-refractivity contribution is 5.97. The molecule has 57 heavy (non-hydrogen) atoms. The highest BCUT2D eigenvalue weighted by atomic mass is 16.5. The molecule has 0 spiro atoms.